The van der Waals surface area contributed by atoms with Crippen molar-refractivity contribution in [3.05, 3.63) is 11.0 Å². The van der Waals surface area contributed by atoms with Crippen LogP contribution < -0.4 is 5.14 Å². The molecule has 1 unspecified atom stereocenters. The number of sulfonamides is 1. The van der Waals surface area contributed by atoms with Gasteiger partial charge < -0.3 is 10.0 Å². The largest absolute Gasteiger partial charge is 0.465 e. The monoisotopic (exact) mass is 220 g/mol. The van der Waals surface area contributed by atoms with Crippen LogP contribution >= 0.6 is 0 Å². The highest BCUT2D eigenvalue weighted by molar-refractivity contribution is 7.93. The fraction of sp³-hybridized carbons (Fsp3) is 0.571. The van der Waals surface area contributed by atoms with E-state index in [0.29, 0.717) is 13.0 Å². The van der Waals surface area contributed by atoms with Gasteiger partial charge in [0.2, 0.25) is 10.0 Å². The summed E-state index contributed by atoms with van der Waals surface area (Å²) in [6, 6.07) is -0.356. The Labute approximate surface area is 82.0 Å². The van der Waals surface area contributed by atoms with E-state index in [2.05, 4.69) is 0 Å². The van der Waals surface area contributed by atoms with Crippen LogP contribution in [0.3, 0.4) is 0 Å². The molecule has 0 aromatic carbocycles. The van der Waals surface area contributed by atoms with Gasteiger partial charge in [-0.05, 0) is 19.4 Å². The second-order valence-electron chi connectivity index (χ2n) is 3.15. The summed E-state index contributed by atoms with van der Waals surface area (Å²) in [5.74, 6) is 0. The first-order valence-corrected chi connectivity index (χ1v) is 5.58. The predicted octanol–water partition coefficient (Wildman–Crippen LogP) is -0.0690. The van der Waals surface area contributed by atoms with Gasteiger partial charge in [0.15, 0.2) is 0 Å². The maximum absolute atomic E-state index is 10.8. The lowest BCUT2D eigenvalue weighted by molar-refractivity contribution is 0.0940. The summed E-state index contributed by atoms with van der Waals surface area (Å²) < 4.78 is 21.7. The van der Waals surface area contributed by atoms with Gasteiger partial charge in [-0.25, -0.2) is 18.4 Å². The SMILES string of the molecule is CC(=CC1CCN1C(=O)O)S(N)(=O)=O. The maximum atomic E-state index is 10.8. The van der Waals surface area contributed by atoms with Crippen molar-refractivity contribution in [3.8, 4) is 0 Å². The Hall–Kier alpha value is -1.08. The number of nitrogens with zero attached hydrogens (tertiary/aromatic N) is 1. The molecule has 3 N–H and O–H groups in total. The van der Waals surface area contributed by atoms with Gasteiger partial charge in [-0.2, -0.15) is 0 Å². The minimum absolute atomic E-state index is 0.00782. The predicted molar refractivity (Wildman–Crippen MR) is 50.0 cm³/mol. The highest BCUT2D eigenvalue weighted by atomic mass is 32.2. The van der Waals surface area contributed by atoms with Gasteiger partial charge >= 0.3 is 6.09 Å². The summed E-state index contributed by atoms with van der Waals surface area (Å²) in [5, 5.41) is 13.5. The molecule has 1 atom stereocenters. The van der Waals surface area contributed by atoms with E-state index in [9.17, 15) is 13.2 Å². The Bertz CT molecular complexity index is 373. The van der Waals surface area contributed by atoms with Crippen molar-refractivity contribution in [2.75, 3.05) is 6.54 Å². The summed E-state index contributed by atoms with van der Waals surface area (Å²) in [6.45, 7) is 1.79. The third-order valence-corrected chi connectivity index (χ3v) is 3.22. The van der Waals surface area contributed by atoms with Gasteiger partial charge in [0.05, 0.1) is 10.9 Å². The maximum Gasteiger partial charge on any atom is 0.407 e. The third-order valence-electron chi connectivity index (χ3n) is 2.19. The van der Waals surface area contributed by atoms with E-state index in [1.165, 1.54) is 13.0 Å². The molecular formula is C7H12N2O4S. The molecule has 1 heterocycles. The Kier molecular flexibility index (Phi) is 2.81. The van der Waals surface area contributed by atoms with Gasteiger partial charge in [-0.1, -0.05) is 0 Å². The van der Waals surface area contributed by atoms with Crippen LogP contribution in [-0.2, 0) is 10.0 Å². The van der Waals surface area contributed by atoms with Gasteiger partial charge in [0.25, 0.3) is 0 Å². The number of primary sulfonamides is 1. The first-order chi connectivity index (χ1) is 6.32. The van der Waals surface area contributed by atoms with Crippen molar-refractivity contribution in [2.24, 2.45) is 5.14 Å². The smallest absolute Gasteiger partial charge is 0.407 e. The van der Waals surface area contributed by atoms with Crippen LogP contribution in [0, 0.1) is 0 Å². The molecule has 0 aliphatic carbocycles. The lowest BCUT2D eigenvalue weighted by Gasteiger charge is -2.36. The molecule has 0 aromatic rings. The molecule has 1 amide bonds. The Balaban J connectivity index is 2.75. The zero-order chi connectivity index (χ0) is 10.9. The van der Waals surface area contributed by atoms with Crippen molar-refractivity contribution in [1.82, 2.24) is 4.90 Å². The lowest BCUT2D eigenvalue weighted by Crippen LogP contribution is -2.49. The zero-order valence-corrected chi connectivity index (χ0v) is 8.49. The number of hydrogen-bond donors (Lipinski definition) is 2. The van der Waals surface area contributed by atoms with Crippen LogP contribution in [0.25, 0.3) is 0 Å². The molecule has 1 saturated heterocycles. The standard InChI is InChI=1S/C7H12N2O4S/c1-5(14(8,12)13)4-6-2-3-9(6)7(10)11/h4,6H,2-3H2,1H3,(H,10,11)(H2,8,12,13). The van der Waals surface area contributed by atoms with E-state index in [1.54, 1.807) is 0 Å². The third kappa shape index (κ3) is 2.24. The number of carbonyl (C=O) groups is 1. The van der Waals surface area contributed by atoms with Crippen LogP contribution in [0.1, 0.15) is 13.3 Å². The molecule has 7 heteroatoms. The molecule has 14 heavy (non-hydrogen) atoms. The van der Waals surface area contributed by atoms with E-state index in [1.807, 2.05) is 0 Å². The normalized spacial score (nSPS) is 23.1. The van der Waals surface area contributed by atoms with E-state index in [4.69, 9.17) is 10.2 Å². The number of likely N-dealkylation sites (tertiary alicyclic amines) is 1. The van der Waals surface area contributed by atoms with Crippen molar-refractivity contribution < 1.29 is 18.3 Å². The highest BCUT2D eigenvalue weighted by Gasteiger charge is 2.30. The number of nitrogens with two attached hydrogens (primary N) is 1. The molecule has 1 aliphatic rings. The molecule has 80 valence electrons. The summed E-state index contributed by atoms with van der Waals surface area (Å²) in [7, 11) is -3.68. The molecule has 0 aromatic heterocycles. The van der Waals surface area contributed by atoms with Gasteiger partial charge in [0, 0.05) is 6.54 Å². The Morgan fingerprint density at radius 3 is 2.50 bits per heavy atom. The lowest BCUT2D eigenvalue weighted by atomic mass is 10.0. The second-order valence-corrected chi connectivity index (χ2v) is 4.89. The fourth-order valence-corrected chi connectivity index (χ4v) is 1.53. The summed E-state index contributed by atoms with van der Waals surface area (Å²) in [5.41, 5.74) is 0. The minimum Gasteiger partial charge on any atom is -0.465 e. The first-order valence-electron chi connectivity index (χ1n) is 4.03. The Morgan fingerprint density at radius 2 is 2.21 bits per heavy atom. The highest BCUT2D eigenvalue weighted by Crippen LogP contribution is 2.20. The number of hydrogen-bond acceptors (Lipinski definition) is 3. The average molecular weight is 220 g/mol. The first kappa shape index (κ1) is 11.0. The molecular weight excluding hydrogens is 208 g/mol. The number of amides is 1. The second kappa shape index (κ2) is 3.58. The zero-order valence-electron chi connectivity index (χ0n) is 7.67. The van der Waals surface area contributed by atoms with Crippen LogP contribution in [-0.4, -0.2) is 37.1 Å². The van der Waals surface area contributed by atoms with Crippen molar-refractivity contribution >= 4 is 16.1 Å². The number of allylic oxidation sites excluding steroid dienone is 1. The molecule has 0 spiro atoms. The molecule has 0 radical (unpaired) electrons. The van der Waals surface area contributed by atoms with Crippen molar-refractivity contribution in [1.29, 1.82) is 0 Å². The average Bonchev–Trinajstić information content (AvgIpc) is 1.94. The Morgan fingerprint density at radius 1 is 1.64 bits per heavy atom. The van der Waals surface area contributed by atoms with Crippen LogP contribution in [0.5, 0.6) is 0 Å². The quantitative estimate of drug-likeness (QED) is 0.680. The van der Waals surface area contributed by atoms with Crippen LogP contribution in [0.4, 0.5) is 4.79 Å². The topological polar surface area (TPSA) is 101 Å². The van der Waals surface area contributed by atoms with Gasteiger partial charge in [-0.15, -0.1) is 0 Å². The van der Waals surface area contributed by atoms with Gasteiger partial charge in [0.1, 0.15) is 0 Å². The van der Waals surface area contributed by atoms with E-state index < -0.39 is 16.1 Å². The van der Waals surface area contributed by atoms with E-state index >= 15 is 0 Å². The van der Waals surface area contributed by atoms with E-state index in [-0.39, 0.29) is 10.9 Å². The molecule has 6 nitrogen and oxygen atoms in total. The van der Waals surface area contributed by atoms with Gasteiger partial charge in [-0.3, -0.25) is 0 Å². The molecule has 1 rings (SSSR count). The molecule has 1 fully saturated rings. The molecule has 0 bridgehead atoms. The molecule has 0 saturated carbocycles. The molecule has 1 aliphatic heterocycles. The van der Waals surface area contributed by atoms with Crippen LogP contribution in [0.15, 0.2) is 11.0 Å². The summed E-state index contributed by atoms with van der Waals surface area (Å²) in [4.78, 5) is 11.7. The van der Waals surface area contributed by atoms with E-state index in [0.717, 1.165) is 4.90 Å². The fourth-order valence-electron chi connectivity index (χ4n) is 1.18. The minimum atomic E-state index is -3.68. The number of rotatable bonds is 2. The summed E-state index contributed by atoms with van der Waals surface area (Å²) in [6.07, 6.45) is 0.964. The van der Waals surface area contributed by atoms with Crippen LogP contribution in [0.2, 0.25) is 0 Å². The number of carboxylic acid groups (broad SMARTS) is 1. The van der Waals surface area contributed by atoms with Crippen molar-refractivity contribution in [3.63, 3.8) is 0 Å². The van der Waals surface area contributed by atoms with Crippen molar-refractivity contribution in [2.45, 2.75) is 19.4 Å². The summed E-state index contributed by atoms with van der Waals surface area (Å²) >= 11 is 0.